The van der Waals surface area contributed by atoms with Crippen molar-refractivity contribution in [3.8, 4) is 0 Å². The van der Waals surface area contributed by atoms with Gasteiger partial charge in [-0.15, -0.1) is 0 Å². The zero-order valence-corrected chi connectivity index (χ0v) is 6.00. The molecule has 1 saturated heterocycles. The van der Waals surface area contributed by atoms with Crippen LogP contribution in [-0.2, 0) is 14.3 Å². The van der Waals surface area contributed by atoms with Gasteiger partial charge in [-0.1, -0.05) is 0 Å². The summed E-state index contributed by atoms with van der Waals surface area (Å²) >= 11 is 0. The van der Waals surface area contributed by atoms with Crippen LogP contribution < -0.4 is 11.5 Å². The van der Waals surface area contributed by atoms with Gasteiger partial charge in [0.15, 0.2) is 0 Å². The van der Waals surface area contributed by atoms with Crippen molar-refractivity contribution in [1.29, 1.82) is 0 Å². The Kier molecular flexibility index (Phi) is 1.82. The van der Waals surface area contributed by atoms with Gasteiger partial charge in [-0.3, -0.25) is 9.59 Å². The molecule has 0 aromatic rings. The third-order valence-corrected chi connectivity index (χ3v) is 1.82. The summed E-state index contributed by atoms with van der Waals surface area (Å²) in [5, 5.41) is 0. The Morgan fingerprint density at radius 2 is 1.82 bits per heavy atom. The monoisotopic (exact) mass is 158 g/mol. The summed E-state index contributed by atoms with van der Waals surface area (Å²) in [6, 6.07) is 0. The lowest BCUT2D eigenvalue weighted by atomic mass is 9.99. The van der Waals surface area contributed by atoms with Crippen LogP contribution in [-0.4, -0.2) is 24.0 Å². The molecule has 0 atom stereocenters. The van der Waals surface area contributed by atoms with Crippen molar-refractivity contribution in [3.63, 3.8) is 0 Å². The number of primary amides is 2. The van der Waals surface area contributed by atoms with E-state index in [1.807, 2.05) is 0 Å². The molecule has 2 amide bonds. The largest absolute Gasteiger partial charge is 0.367 e. The Hall–Kier alpha value is -1.10. The molecule has 0 aromatic carbocycles. The van der Waals surface area contributed by atoms with Gasteiger partial charge >= 0.3 is 0 Å². The van der Waals surface area contributed by atoms with Gasteiger partial charge in [-0.25, -0.2) is 0 Å². The lowest BCUT2D eigenvalue weighted by molar-refractivity contribution is -0.151. The molecule has 0 aliphatic carbocycles. The Labute approximate surface area is 63.7 Å². The predicted octanol–water partition coefficient (Wildman–Crippen LogP) is -1.49. The van der Waals surface area contributed by atoms with Crippen LogP contribution in [0.4, 0.5) is 0 Å². The van der Waals surface area contributed by atoms with Gasteiger partial charge in [0.05, 0.1) is 0 Å². The van der Waals surface area contributed by atoms with E-state index in [9.17, 15) is 9.59 Å². The molecule has 0 unspecified atom stereocenters. The quantitative estimate of drug-likeness (QED) is 0.479. The van der Waals surface area contributed by atoms with Crippen molar-refractivity contribution >= 4 is 11.8 Å². The average molecular weight is 158 g/mol. The molecule has 0 bridgehead atoms. The molecule has 11 heavy (non-hydrogen) atoms. The summed E-state index contributed by atoms with van der Waals surface area (Å²) in [6.07, 6.45) is 0.948. The first-order valence-corrected chi connectivity index (χ1v) is 3.33. The van der Waals surface area contributed by atoms with Crippen LogP contribution in [0.3, 0.4) is 0 Å². The van der Waals surface area contributed by atoms with E-state index in [0.29, 0.717) is 19.4 Å². The first-order chi connectivity index (χ1) is 5.09. The van der Waals surface area contributed by atoms with Gasteiger partial charge in [-0.2, -0.15) is 0 Å². The van der Waals surface area contributed by atoms with Crippen LogP contribution in [0.1, 0.15) is 12.8 Å². The Bertz CT molecular complexity index is 180. The Morgan fingerprint density at radius 3 is 2.00 bits per heavy atom. The number of hydrogen-bond donors (Lipinski definition) is 2. The summed E-state index contributed by atoms with van der Waals surface area (Å²) in [5.41, 5.74) is 8.41. The fraction of sp³-hybridized carbons (Fsp3) is 0.667. The van der Waals surface area contributed by atoms with Crippen molar-refractivity contribution in [2.75, 3.05) is 6.61 Å². The molecule has 4 N–H and O–H groups in total. The normalized spacial score (nSPS) is 21.5. The minimum absolute atomic E-state index is 0.303. The lowest BCUT2D eigenvalue weighted by Gasteiger charge is -2.19. The summed E-state index contributed by atoms with van der Waals surface area (Å²) in [7, 11) is 0. The molecular formula is C6H10N2O3. The lowest BCUT2D eigenvalue weighted by Crippen LogP contribution is -2.53. The van der Waals surface area contributed by atoms with Gasteiger partial charge in [0, 0.05) is 6.61 Å². The third kappa shape index (κ3) is 1.07. The SMILES string of the molecule is NC(=O)C1(C(N)=O)CCCO1. The molecule has 1 rings (SSSR count). The third-order valence-electron chi connectivity index (χ3n) is 1.82. The second-order valence-corrected chi connectivity index (χ2v) is 2.51. The number of nitrogens with two attached hydrogens (primary N) is 2. The number of rotatable bonds is 2. The summed E-state index contributed by atoms with van der Waals surface area (Å²) in [5.74, 6) is -1.58. The van der Waals surface area contributed by atoms with Gasteiger partial charge in [0.25, 0.3) is 11.8 Å². The van der Waals surface area contributed by atoms with Crippen molar-refractivity contribution in [2.45, 2.75) is 18.4 Å². The van der Waals surface area contributed by atoms with E-state index in [1.165, 1.54) is 0 Å². The summed E-state index contributed by atoms with van der Waals surface area (Å²) in [4.78, 5) is 21.5. The number of hydrogen-bond acceptors (Lipinski definition) is 3. The maximum absolute atomic E-state index is 10.8. The van der Waals surface area contributed by atoms with Crippen molar-refractivity contribution < 1.29 is 14.3 Å². The van der Waals surface area contributed by atoms with E-state index in [2.05, 4.69) is 0 Å². The topological polar surface area (TPSA) is 95.4 Å². The van der Waals surface area contributed by atoms with Crippen LogP contribution in [0.5, 0.6) is 0 Å². The number of carbonyl (C=O) groups excluding carboxylic acids is 2. The molecule has 1 aliphatic rings. The molecule has 62 valence electrons. The standard InChI is InChI=1S/C6H10N2O3/c7-4(9)6(5(8)10)2-1-3-11-6/h1-3H2,(H2,7,9)(H2,8,10). The van der Waals surface area contributed by atoms with Gasteiger partial charge in [-0.05, 0) is 12.8 Å². The molecular weight excluding hydrogens is 148 g/mol. The second-order valence-electron chi connectivity index (χ2n) is 2.51. The van der Waals surface area contributed by atoms with Crippen LogP contribution >= 0.6 is 0 Å². The van der Waals surface area contributed by atoms with Crippen LogP contribution in [0.15, 0.2) is 0 Å². The molecule has 5 nitrogen and oxygen atoms in total. The highest BCUT2D eigenvalue weighted by atomic mass is 16.5. The van der Waals surface area contributed by atoms with E-state index in [4.69, 9.17) is 16.2 Å². The predicted molar refractivity (Wildman–Crippen MR) is 36.3 cm³/mol. The molecule has 0 spiro atoms. The molecule has 1 fully saturated rings. The minimum Gasteiger partial charge on any atom is -0.367 e. The molecule has 5 heteroatoms. The molecule has 0 saturated carbocycles. The maximum Gasteiger partial charge on any atom is 0.259 e. The fourth-order valence-electron chi connectivity index (χ4n) is 1.15. The number of carbonyl (C=O) groups is 2. The number of ether oxygens (including phenoxy) is 1. The highest BCUT2D eigenvalue weighted by Gasteiger charge is 2.46. The van der Waals surface area contributed by atoms with E-state index in [0.717, 1.165) is 0 Å². The molecule has 0 radical (unpaired) electrons. The first-order valence-electron chi connectivity index (χ1n) is 3.33. The van der Waals surface area contributed by atoms with Crippen LogP contribution in [0.25, 0.3) is 0 Å². The highest BCUT2D eigenvalue weighted by molar-refractivity contribution is 6.07. The van der Waals surface area contributed by atoms with E-state index < -0.39 is 17.4 Å². The molecule has 1 heterocycles. The average Bonchev–Trinajstić information content (AvgIpc) is 2.34. The molecule has 0 aromatic heterocycles. The zero-order valence-electron chi connectivity index (χ0n) is 6.00. The molecule has 1 aliphatic heterocycles. The first kappa shape index (κ1) is 8.00. The summed E-state index contributed by atoms with van der Waals surface area (Å²) < 4.78 is 4.91. The van der Waals surface area contributed by atoms with Crippen molar-refractivity contribution in [2.24, 2.45) is 11.5 Å². The van der Waals surface area contributed by atoms with Crippen molar-refractivity contribution in [3.05, 3.63) is 0 Å². The van der Waals surface area contributed by atoms with Gasteiger partial charge < -0.3 is 16.2 Å². The van der Waals surface area contributed by atoms with E-state index in [-0.39, 0.29) is 0 Å². The second kappa shape index (κ2) is 2.50. The smallest absolute Gasteiger partial charge is 0.259 e. The Morgan fingerprint density at radius 1 is 1.27 bits per heavy atom. The highest BCUT2D eigenvalue weighted by Crippen LogP contribution is 2.24. The van der Waals surface area contributed by atoms with Crippen LogP contribution in [0, 0.1) is 0 Å². The summed E-state index contributed by atoms with van der Waals surface area (Å²) in [6.45, 7) is 0.367. The van der Waals surface area contributed by atoms with E-state index in [1.54, 1.807) is 0 Å². The fourth-order valence-corrected chi connectivity index (χ4v) is 1.15. The van der Waals surface area contributed by atoms with Gasteiger partial charge in [0.1, 0.15) is 0 Å². The number of amides is 2. The maximum atomic E-state index is 10.8. The van der Waals surface area contributed by atoms with Crippen molar-refractivity contribution in [1.82, 2.24) is 0 Å². The van der Waals surface area contributed by atoms with Crippen LogP contribution in [0.2, 0.25) is 0 Å². The minimum atomic E-state index is -1.53. The van der Waals surface area contributed by atoms with Gasteiger partial charge in [0.2, 0.25) is 5.60 Å². The zero-order chi connectivity index (χ0) is 8.48. The Balaban J connectivity index is 2.87. The van der Waals surface area contributed by atoms with E-state index >= 15 is 0 Å².